The van der Waals surface area contributed by atoms with Gasteiger partial charge in [0.25, 0.3) is 10.0 Å². The van der Waals surface area contributed by atoms with Crippen molar-refractivity contribution in [3.63, 3.8) is 0 Å². The van der Waals surface area contributed by atoms with E-state index >= 15 is 0 Å². The molecule has 7 heteroatoms. The summed E-state index contributed by atoms with van der Waals surface area (Å²) < 4.78 is 27.9. The summed E-state index contributed by atoms with van der Waals surface area (Å²) in [5.41, 5.74) is 0.917. The van der Waals surface area contributed by atoms with Crippen molar-refractivity contribution < 1.29 is 18.3 Å². The Bertz CT molecular complexity index is 831. The average molecular weight is 382 g/mol. The van der Waals surface area contributed by atoms with Crippen LogP contribution in [0.5, 0.6) is 0 Å². The third kappa shape index (κ3) is 4.44. The molecule has 0 bridgehead atoms. The number of anilines is 1. The molecule has 2 N–H and O–H groups in total. The van der Waals surface area contributed by atoms with Crippen molar-refractivity contribution in [1.29, 1.82) is 0 Å². The second kappa shape index (κ2) is 6.76. The third-order valence-corrected chi connectivity index (χ3v) is 4.54. The lowest BCUT2D eigenvalue weighted by molar-refractivity contribution is -0.131. The maximum Gasteiger partial charge on any atom is 0.328 e. The zero-order chi connectivity index (χ0) is 16.2. The van der Waals surface area contributed by atoms with E-state index in [2.05, 4.69) is 20.7 Å². The smallest absolute Gasteiger partial charge is 0.328 e. The topological polar surface area (TPSA) is 83.5 Å². The van der Waals surface area contributed by atoms with Gasteiger partial charge in [-0.05, 0) is 42.0 Å². The second-order valence-corrected chi connectivity index (χ2v) is 6.96. The Labute approximate surface area is 136 Å². The number of sulfonamides is 1. The highest BCUT2D eigenvalue weighted by molar-refractivity contribution is 9.10. The van der Waals surface area contributed by atoms with E-state index in [1.54, 1.807) is 36.4 Å². The highest BCUT2D eigenvalue weighted by Crippen LogP contribution is 2.20. The fourth-order valence-electron chi connectivity index (χ4n) is 1.72. The molecule has 0 aliphatic carbocycles. The molecular weight excluding hydrogens is 370 g/mol. The van der Waals surface area contributed by atoms with Crippen molar-refractivity contribution in [2.75, 3.05) is 4.72 Å². The van der Waals surface area contributed by atoms with E-state index in [-0.39, 0.29) is 4.90 Å². The van der Waals surface area contributed by atoms with Crippen LogP contribution in [0.2, 0.25) is 0 Å². The molecule has 0 aliphatic heterocycles. The van der Waals surface area contributed by atoms with Gasteiger partial charge >= 0.3 is 5.97 Å². The van der Waals surface area contributed by atoms with Crippen molar-refractivity contribution in [2.45, 2.75) is 4.90 Å². The molecule has 2 aromatic rings. The average Bonchev–Trinajstić information content (AvgIpc) is 2.45. The Balaban J connectivity index is 2.29. The third-order valence-electron chi connectivity index (χ3n) is 2.66. The molecule has 0 aromatic heterocycles. The van der Waals surface area contributed by atoms with Crippen LogP contribution >= 0.6 is 15.9 Å². The highest BCUT2D eigenvalue weighted by atomic mass is 79.9. The zero-order valence-corrected chi connectivity index (χ0v) is 13.6. The molecule has 0 saturated heterocycles. The molecule has 0 aliphatic rings. The Kier molecular flexibility index (Phi) is 4.99. The summed E-state index contributed by atoms with van der Waals surface area (Å²) >= 11 is 3.27. The van der Waals surface area contributed by atoms with Gasteiger partial charge in [-0.2, -0.15) is 0 Å². The molecule has 0 spiro atoms. The van der Waals surface area contributed by atoms with Crippen molar-refractivity contribution in [3.8, 4) is 0 Å². The van der Waals surface area contributed by atoms with E-state index in [0.29, 0.717) is 11.3 Å². The summed E-state index contributed by atoms with van der Waals surface area (Å²) in [6, 6.07) is 12.8. The van der Waals surface area contributed by atoms with Gasteiger partial charge in [0.05, 0.1) is 4.90 Å². The van der Waals surface area contributed by atoms with Crippen molar-refractivity contribution >= 4 is 43.7 Å². The molecule has 5 nitrogen and oxygen atoms in total. The fraction of sp³-hybridized carbons (Fsp3) is 0. The molecule has 114 valence electrons. The van der Waals surface area contributed by atoms with E-state index in [1.165, 1.54) is 18.2 Å². The van der Waals surface area contributed by atoms with Crippen molar-refractivity contribution in [1.82, 2.24) is 0 Å². The lowest BCUT2D eigenvalue weighted by Gasteiger charge is -2.09. The Morgan fingerprint density at radius 2 is 1.86 bits per heavy atom. The van der Waals surface area contributed by atoms with Crippen LogP contribution in [0.4, 0.5) is 5.69 Å². The minimum absolute atomic E-state index is 0.0556. The van der Waals surface area contributed by atoms with Gasteiger partial charge in [-0.25, -0.2) is 13.2 Å². The first-order chi connectivity index (χ1) is 10.4. The molecule has 2 rings (SSSR count). The van der Waals surface area contributed by atoms with Crippen LogP contribution in [-0.4, -0.2) is 19.5 Å². The van der Waals surface area contributed by atoms with Crippen LogP contribution in [0.1, 0.15) is 5.56 Å². The number of rotatable bonds is 5. The quantitative estimate of drug-likeness (QED) is 0.777. The van der Waals surface area contributed by atoms with E-state index < -0.39 is 16.0 Å². The number of nitrogens with one attached hydrogen (secondary N) is 1. The monoisotopic (exact) mass is 381 g/mol. The molecule has 2 aromatic carbocycles. The molecule has 0 saturated carbocycles. The van der Waals surface area contributed by atoms with Crippen LogP contribution in [0, 0.1) is 0 Å². The maximum atomic E-state index is 12.3. The van der Waals surface area contributed by atoms with Crippen LogP contribution in [0.3, 0.4) is 0 Å². The number of hydrogen-bond donors (Lipinski definition) is 2. The predicted octanol–water partition coefficient (Wildman–Crippen LogP) is 3.35. The molecule has 0 unspecified atom stereocenters. The van der Waals surface area contributed by atoms with Crippen LogP contribution < -0.4 is 4.72 Å². The minimum atomic E-state index is -3.74. The van der Waals surface area contributed by atoms with E-state index in [9.17, 15) is 13.2 Å². The SMILES string of the molecule is O=C(O)C=Cc1cccc(S(=O)(=O)Nc2cccc(Br)c2)c1. The lowest BCUT2D eigenvalue weighted by Crippen LogP contribution is -2.12. The van der Waals surface area contributed by atoms with Gasteiger partial charge in [0.1, 0.15) is 0 Å². The standard InChI is InChI=1S/C15H12BrNO4S/c16-12-4-2-5-13(10-12)17-22(20,21)14-6-1-3-11(9-14)7-8-15(18)19/h1-10,17H,(H,18,19). The second-order valence-electron chi connectivity index (χ2n) is 4.36. The molecule has 0 radical (unpaired) electrons. The normalized spacial score (nSPS) is 11.5. The van der Waals surface area contributed by atoms with Gasteiger partial charge < -0.3 is 5.11 Å². The zero-order valence-electron chi connectivity index (χ0n) is 11.2. The Morgan fingerprint density at radius 3 is 2.55 bits per heavy atom. The molecule has 0 fully saturated rings. The first-order valence-electron chi connectivity index (χ1n) is 6.16. The minimum Gasteiger partial charge on any atom is -0.478 e. The number of carboxylic acid groups (broad SMARTS) is 1. The molecule has 0 atom stereocenters. The summed E-state index contributed by atoms with van der Waals surface area (Å²) in [6.07, 6.45) is 2.29. The predicted molar refractivity (Wildman–Crippen MR) is 88.1 cm³/mol. The first kappa shape index (κ1) is 16.3. The highest BCUT2D eigenvalue weighted by Gasteiger charge is 2.14. The number of aliphatic carboxylic acids is 1. The van der Waals surface area contributed by atoms with Gasteiger partial charge in [0, 0.05) is 16.2 Å². The summed E-state index contributed by atoms with van der Waals surface area (Å²) in [4.78, 5) is 10.6. The number of hydrogen-bond acceptors (Lipinski definition) is 3. The van der Waals surface area contributed by atoms with Gasteiger partial charge in [-0.3, -0.25) is 4.72 Å². The van der Waals surface area contributed by atoms with Gasteiger partial charge in [0.2, 0.25) is 0 Å². The summed E-state index contributed by atoms with van der Waals surface area (Å²) in [7, 11) is -3.74. The maximum absolute atomic E-state index is 12.3. The fourth-order valence-corrected chi connectivity index (χ4v) is 3.22. The van der Waals surface area contributed by atoms with E-state index in [0.717, 1.165) is 10.5 Å². The van der Waals surface area contributed by atoms with Crippen molar-refractivity contribution in [3.05, 3.63) is 64.6 Å². The molecule has 0 amide bonds. The largest absolute Gasteiger partial charge is 0.478 e. The van der Waals surface area contributed by atoms with Gasteiger partial charge in [-0.1, -0.05) is 34.1 Å². The van der Waals surface area contributed by atoms with E-state index in [4.69, 9.17) is 5.11 Å². The van der Waals surface area contributed by atoms with Crippen LogP contribution in [0.25, 0.3) is 6.08 Å². The first-order valence-corrected chi connectivity index (χ1v) is 8.44. The summed E-state index contributed by atoms with van der Waals surface area (Å²) in [6.45, 7) is 0. The summed E-state index contributed by atoms with van der Waals surface area (Å²) in [5.74, 6) is -1.10. The molecule has 0 heterocycles. The van der Waals surface area contributed by atoms with Gasteiger partial charge in [0.15, 0.2) is 0 Å². The van der Waals surface area contributed by atoms with E-state index in [1.807, 2.05) is 0 Å². The number of carbonyl (C=O) groups is 1. The Morgan fingerprint density at radius 1 is 1.14 bits per heavy atom. The van der Waals surface area contributed by atoms with Gasteiger partial charge in [-0.15, -0.1) is 0 Å². The van der Waals surface area contributed by atoms with Crippen molar-refractivity contribution in [2.24, 2.45) is 0 Å². The van der Waals surface area contributed by atoms with Crippen LogP contribution in [-0.2, 0) is 14.8 Å². The lowest BCUT2D eigenvalue weighted by atomic mass is 10.2. The van der Waals surface area contributed by atoms with Crippen LogP contribution in [0.15, 0.2) is 64.0 Å². The number of benzene rings is 2. The molecule has 22 heavy (non-hydrogen) atoms. The Hall–Kier alpha value is -2.12. The number of halogens is 1. The molecular formula is C15H12BrNO4S. The summed E-state index contributed by atoms with van der Waals surface area (Å²) in [5, 5.41) is 8.60. The number of carboxylic acids is 1.